The zero-order valence-corrected chi connectivity index (χ0v) is 9.86. The summed E-state index contributed by atoms with van der Waals surface area (Å²) < 4.78 is 45.8. The van der Waals surface area contributed by atoms with Gasteiger partial charge in [-0.3, -0.25) is 0 Å². The summed E-state index contributed by atoms with van der Waals surface area (Å²) in [7, 11) is 1.79. The first-order chi connectivity index (χ1) is 7.92. The Morgan fingerprint density at radius 3 is 2.71 bits per heavy atom. The average Bonchev–Trinajstić information content (AvgIpc) is 2.54. The number of rotatable bonds is 6. The molecule has 6 heteroatoms. The van der Waals surface area contributed by atoms with Gasteiger partial charge >= 0.3 is 6.18 Å². The van der Waals surface area contributed by atoms with E-state index >= 15 is 0 Å². The number of aryl methyl sites for hydroxylation is 1. The first kappa shape index (κ1) is 14.1. The Hall–Kier alpha value is -1.01. The summed E-state index contributed by atoms with van der Waals surface area (Å²) in [6.45, 7) is 2.20. The summed E-state index contributed by atoms with van der Waals surface area (Å²) >= 11 is 0. The van der Waals surface area contributed by atoms with Gasteiger partial charge in [-0.2, -0.15) is 13.2 Å². The van der Waals surface area contributed by atoms with Gasteiger partial charge in [-0.05, 0) is 25.6 Å². The monoisotopic (exact) mass is 251 g/mol. The Morgan fingerprint density at radius 1 is 1.41 bits per heavy atom. The van der Waals surface area contributed by atoms with Crippen LogP contribution in [0, 0.1) is 6.92 Å². The number of halogens is 3. The highest BCUT2D eigenvalue weighted by Gasteiger charge is 2.26. The molecule has 0 radical (unpaired) electrons. The third kappa shape index (κ3) is 5.23. The van der Waals surface area contributed by atoms with E-state index in [9.17, 15) is 13.2 Å². The Morgan fingerprint density at radius 2 is 2.12 bits per heavy atom. The summed E-state index contributed by atoms with van der Waals surface area (Å²) in [5, 5.41) is 2.94. The number of hydrogen-bond donors (Lipinski definition) is 1. The molecule has 98 valence electrons. The van der Waals surface area contributed by atoms with Crippen LogP contribution in [0.15, 0.2) is 10.5 Å². The third-order valence-corrected chi connectivity index (χ3v) is 2.18. The predicted octanol–water partition coefficient (Wildman–Crippen LogP) is 2.78. The molecule has 0 aromatic carbocycles. The lowest BCUT2D eigenvalue weighted by Crippen LogP contribution is -2.11. The zero-order chi connectivity index (χ0) is 12.9. The van der Waals surface area contributed by atoms with Gasteiger partial charge in [-0.15, -0.1) is 0 Å². The van der Waals surface area contributed by atoms with Crippen LogP contribution in [0.25, 0.3) is 0 Å². The smallest absolute Gasteiger partial charge is 0.391 e. The van der Waals surface area contributed by atoms with Gasteiger partial charge in [0.25, 0.3) is 0 Å². The molecule has 0 saturated heterocycles. The number of alkyl halides is 3. The standard InChI is InChI=1S/C11H16F3NO2/c1-8-5-9(17-10(8)6-15-2)7-16-4-3-11(12,13)14/h5,15H,3-4,6-7H2,1-2H3. The highest BCUT2D eigenvalue weighted by atomic mass is 19.4. The normalized spacial score (nSPS) is 12.1. The van der Waals surface area contributed by atoms with Gasteiger partial charge in [0, 0.05) is 0 Å². The van der Waals surface area contributed by atoms with Crippen LogP contribution >= 0.6 is 0 Å². The van der Waals surface area contributed by atoms with Crippen molar-refractivity contribution >= 4 is 0 Å². The maximum Gasteiger partial charge on any atom is 0.391 e. The van der Waals surface area contributed by atoms with E-state index in [1.807, 2.05) is 6.92 Å². The molecule has 3 nitrogen and oxygen atoms in total. The minimum Gasteiger partial charge on any atom is -0.462 e. The molecule has 17 heavy (non-hydrogen) atoms. The van der Waals surface area contributed by atoms with E-state index in [1.54, 1.807) is 13.1 Å². The Kier molecular flexibility index (Phi) is 5.02. The van der Waals surface area contributed by atoms with Gasteiger partial charge in [0.15, 0.2) is 0 Å². The second kappa shape index (κ2) is 6.07. The summed E-state index contributed by atoms with van der Waals surface area (Å²) in [4.78, 5) is 0. The van der Waals surface area contributed by atoms with E-state index < -0.39 is 12.6 Å². The molecule has 0 aliphatic carbocycles. The van der Waals surface area contributed by atoms with Crippen LogP contribution in [-0.4, -0.2) is 19.8 Å². The maximum absolute atomic E-state index is 11.8. The molecule has 1 aromatic heterocycles. The summed E-state index contributed by atoms with van der Waals surface area (Å²) in [5.41, 5.74) is 0.966. The summed E-state index contributed by atoms with van der Waals surface area (Å²) in [5.74, 6) is 1.33. The number of ether oxygens (including phenoxy) is 1. The fourth-order valence-corrected chi connectivity index (χ4v) is 1.36. The van der Waals surface area contributed by atoms with Gasteiger partial charge in [0.1, 0.15) is 18.1 Å². The van der Waals surface area contributed by atoms with Gasteiger partial charge < -0.3 is 14.5 Å². The second-order valence-corrected chi connectivity index (χ2v) is 3.77. The van der Waals surface area contributed by atoms with Gasteiger partial charge in [0.05, 0.1) is 19.6 Å². The van der Waals surface area contributed by atoms with Crippen LogP contribution in [0.5, 0.6) is 0 Å². The quantitative estimate of drug-likeness (QED) is 0.789. The van der Waals surface area contributed by atoms with E-state index in [4.69, 9.17) is 9.15 Å². The molecule has 0 unspecified atom stereocenters. The number of furan rings is 1. The van der Waals surface area contributed by atoms with Gasteiger partial charge in [0.2, 0.25) is 0 Å². The molecule has 0 atom stereocenters. The van der Waals surface area contributed by atoms with E-state index in [0.29, 0.717) is 12.3 Å². The molecule has 0 fully saturated rings. The average molecular weight is 251 g/mol. The lowest BCUT2D eigenvalue weighted by Gasteiger charge is -2.05. The van der Waals surface area contributed by atoms with E-state index in [2.05, 4.69) is 5.32 Å². The van der Waals surface area contributed by atoms with Crippen LogP contribution in [0.3, 0.4) is 0 Å². The molecular formula is C11H16F3NO2. The van der Waals surface area contributed by atoms with Crippen molar-refractivity contribution in [2.75, 3.05) is 13.7 Å². The fraction of sp³-hybridized carbons (Fsp3) is 0.636. The van der Waals surface area contributed by atoms with Gasteiger partial charge in [-0.25, -0.2) is 0 Å². The highest BCUT2D eigenvalue weighted by molar-refractivity contribution is 5.19. The lowest BCUT2D eigenvalue weighted by atomic mass is 10.2. The summed E-state index contributed by atoms with van der Waals surface area (Å²) in [6, 6.07) is 1.78. The number of hydrogen-bond acceptors (Lipinski definition) is 3. The molecular weight excluding hydrogens is 235 g/mol. The van der Waals surface area contributed by atoms with Crippen LogP contribution in [0.4, 0.5) is 13.2 Å². The van der Waals surface area contributed by atoms with Crippen molar-refractivity contribution in [2.45, 2.75) is 32.7 Å². The first-order valence-electron chi connectivity index (χ1n) is 5.29. The molecule has 0 bridgehead atoms. The predicted molar refractivity (Wildman–Crippen MR) is 56.5 cm³/mol. The Balaban J connectivity index is 2.34. The molecule has 1 rings (SSSR count). The lowest BCUT2D eigenvalue weighted by molar-refractivity contribution is -0.146. The molecule has 1 heterocycles. The largest absolute Gasteiger partial charge is 0.462 e. The molecule has 0 spiro atoms. The molecule has 0 aliphatic heterocycles. The second-order valence-electron chi connectivity index (χ2n) is 3.77. The molecule has 0 saturated carbocycles. The Bertz CT molecular complexity index is 347. The summed E-state index contributed by atoms with van der Waals surface area (Å²) in [6.07, 6.45) is -5.10. The third-order valence-electron chi connectivity index (χ3n) is 2.18. The van der Waals surface area contributed by atoms with Crippen molar-refractivity contribution < 1.29 is 22.3 Å². The van der Waals surface area contributed by atoms with Crippen molar-refractivity contribution in [3.63, 3.8) is 0 Å². The number of nitrogens with one attached hydrogen (secondary N) is 1. The van der Waals surface area contributed by atoms with Crippen LogP contribution in [-0.2, 0) is 17.9 Å². The highest BCUT2D eigenvalue weighted by Crippen LogP contribution is 2.20. The SMILES string of the molecule is CNCc1oc(COCCC(F)(F)F)cc1C. The van der Waals surface area contributed by atoms with E-state index in [0.717, 1.165) is 11.3 Å². The zero-order valence-electron chi connectivity index (χ0n) is 9.86. The molecule has 0 amide bonds. The van der Waals surface area contributed by atoms with E-state index in [1.165, 1.54) is 0 Å². The van der Waals surface area contributed by atoms with Crippen LogP contribution in [0.1, 0.15) is 23.5 Å². The minimum absolute atomic E-state index is 0.0701. The van der Waals surface area contributed by atoms with Crippen LogP contribution in [0.2, 0.25) is 0 Å². The van der Waals surface area contributed by atoms with Crippen molar-refractivity contribution in [1.29, 1.82) is 0 Å². The molecule has 1 aromatic rings. The topological polar surface area (TPSA) is 34.4 Å². The van der Waals surface area contributed by atoms with E-state index in [-0.39, 0.29) is 13.2 Å². The maximum atomic E-state index is 11.8. The van der Waals surface area contributed by atoms with Crippen LogP contribution < -0.4 is 5.32 Å². The minimum atomic E-state index is -4.17. The van der Waals surface area contributed by atoms with Crippen molar-refractivity contribution in [3.8, 4) is 0 Å². The fourth-order valence-electron chi connectivity index (χ4n) is 1.36. The van der Waals surface area contributed by atoms with Crippen molar-refractivity contribution in [3.05, 3.63) is 23.2 Å². The van der Waals surface area contributed by atoms with Crippen molar-refractivity contribution in [2.24, 2.45) is 0 Å². The first-order valence-corrected chi connectivity index (χ1v) is 5.29. The Labute approximate surface area is 97.9 Å². The molecule has 0 aliphatic rings. The molecule has 1 N–H and O–H groups in total. The van der Waals surface area contributed by atoms with Crippen molar-refractivity contribution in [1.82, 2.24) is 5.32 Å². The van der Waals surface area contributed by atoms with Gasteiger partial charge in [-0.1, -0.05) is 0 Å².